The molecule has 1 aliphatic rings. The van der Waals surface area contributed by atoms with E-state index < -0.39 is 0 Å². The molecule has 0 unspecified atom stereocenters. The SMILES string of the molecule is CCNC(=NCC(=O)N(CC)Cc1ccccc1)N1CCCC1. The molecule has 0 aliphatic carbocycles. The zero-order valence-electron chi connectivity index (χ0n) is 14.3. The van der Waals surface area contributed by atoms with Crippen molar-refractivity contribution in [2.45, 2.75) is 33.2 Å². The third-order valence-corrected chi connectivity index (χ3v) is 4.06. The third-order valence-electron chi connectivity index (χ3n) is 4.06. The predicted octanol–water partition coefficient (Wildman–Crippen LogP) is 2.10. The lowest BCUT2D eigenvalue weighted by atomic mass is 10.2. The molecule has 1 fully saturated rings. The zero-order chi connectivity index (χ0) is 16.5. The number of nitrogens with one attached hydrogen (secondary N) is 1. The summed E-state index contributed by atoms with van der Waals surface area (Å²) in [6, 6.07) is 10.1. The highest BCUT2D eigenvalue weighted by atomic mass is 16.2. The summed E-state index contributed by atoms with van der Waals surface area (Å²) in [4.78, 5) is 21.1. The molecule has 0 atom stereocenters. The average Bonchev–Trinajstić information content (AvgIpc) is 3.11. The van der Waals surface area contributed by atoms with Crippen molar-refractivity contribution in [1.29, 1.82) is 0 Å². The molecular formula is C18H28N4O. The monoisotopic (exact) mass is 316 g/mol. The summed E-state index contributed by atoms with van der Waals surface area (Å²) in [5.74, 6) is 0.945. The molecule has 1 saturated heterocycles. The van der Waals surface area contributed by atoms with Crippen LogP contribution >= 0.6 is 0 Å². The second-order valence-electron chi connectivity index (χ2n) is 5.76. The summed E-state index contributed by atoms with van der Waals surface area (Å²) >= 11 is 0. The molecule has 2 rings (SSSR count). The second kappa shape index (κ2) is 9.18. The van der Waals surface area contributed by atoms with Gasteiger partial charge in [0.25, 0.3) is 0 Å². The van der Waals surface area contributed by atoms with Gasteiger partial charge in [0.1, 0.15) is 6.54 Å². The van der Waals surface area contributed by atoms with Gasteiger partial charge in [-0.05, 0) is 32.3 Å². The van der Waals surface area contributed by atoms with E-state index in [0.29, 0.717) is 13.1 Å². The van der Waals surface area contributed by atoms with Gasteiger partial charge in [-0.25, -0.2) is 4.99 Å². The van der Waals surface area contributed by atoms with Gasteiger partial charge in [-0.15, -0.1) is 0 Å². The lowest BCUT2D eigenvalue weighted by Gasteiger charge is -2.23. The first-order valence-corrected chi connectivity index (χ1v) is 8.59. The molecule has 0 radical (unpaired) electrons. The Labute approximate surface area is 139 Å². The molecule has 1 aromatic rings. The lowest BCUT2D eigenvalue weighted by Crippen LogP contribution is -2.41. The Morgan fingerprint density at radius 1 is 1.22 bits per heavy atom. The van der Waals surface area contributed by atoms with Gasteiger partial charge in [0, 0.05) is 32.7 Å². The van der Waals surface area contributed by atoms with E-state index in [1.807, 2.05) is 42.2 Å². The van der Waals surface area contributed by atoms with Crippen molar-refractivity contribution < 1.29 is 4.79 Å². The summed E-state index contributed by atoms with van der Waals surface area (Å²) in [5, 5.41) is 3.29. The van der Waals surface area contributed by atoms with Gasteiger partial charge >= 0.3 is 0 Å². The van der Waals surface area contributed by atoms with Gasteiger partial charge in [-0.2, -0.15) is 0 Å². The van der Waals surface area contributed by atoms with Crippen molar-refractivity contribution in [2.24, 2.45) is 4.99 Å². The van der Waals surface area contributed by atoms with E-state index in [9.17, 15) is 4.79 Å². The summed E-state index contributed by atoms with van der Waals surface area (Å²) in [6.07, 6.45) is 2.40. The highest BCUT2D eigenvalue weighted by Crippen LogP contribution is 2.08. The van der Waals surface area contributed by atoms with Crippen LogP contribution in [0, 0.1) is 0 Å². The number of likely N-dealkylation sites (tertiary alicyclic amines) is 1. The number of rotatable bonds is 6. The highest BCUT2D eigenvalue weighted by Gasteiger charge is 2.17. The maximum atomic E-state index is 12.5. The Morgan fingerprint density at radius 3 is 2.52 bits per heavy atom. The largest absolute Gasteiger partial charge is 0.357 e. The van der Waals surface area contributed by atoms with E-state index in [1.54, 1.807) is 0 Å². The van der Waals surface area contributed by atoms with Crippen LogP contribution in [0.25, 0.3) is 0 Å². The molecule has 1 heterocycles. The van der Waals surface area contributed by atoms with E-state index in [4.69, 9.17) is 0 Å². The zero-order valence-corrected chi connectivity index (χ0v) is 14.3. The van der Waals surface area contributed by atoms with Crippen molar-refractivity contribution in [3.05, 3.63) is 35.9 Å². The van der Waals surface area contributed by atoms with E-state index >= 15 is 0 Å². The fourth-order valence-corrected chi connectivity index (χ4v) is 2.78. The number of aliphatic imine (C=N–C) groups is 1. The van der Waals surface area contributed by atoms with Crippen molar-refractivity contribution in [3.63, 3.8) is 0 Å². The first kappa shape index (κ1) is 17.3. The summed E-state index contributed by atoms with van der Waals surface area (Å²) in [5.41, 5.74) is 1.15. The Hall–Kier alpha value is -2.04. The van der Waals surface area contributed by atoms with Gasteiger partial charge in [-0.3, -0.25) is 4.79 Å². The molecule has 0 spiro atoms. The van der Waals surface area contributed by atoms with Gasteiger partial charge in [0.15, 0.2) is 5.96 Å². The van der Waals surface area contributed by atoms with Gasteiger partial charge in [0.05, 0.1) is 0 Å². The number of hydrogen-bond donors (Lipinski definition) is 1. The van der Waals surface area contributed by atoms with E-state index in [2.05, 4.69) is 22.1 Å². The number of carbonyl (C=O) groups is 1. The maximum Gasteiger partial charge on any atom is 0.244 e. The van der Waals surface area contributed by atoms with Crippen molar-refractivity contribution in [2.75, 3.05) is 32.7 Å². The summed E-state index contributed by atoms with van der Waals surface area (Å²) < 4.78 is 0. The number of hydrogen-bond acceptors (Lipinski definition) is 2. The Bertz CT molecular complexity index is 509. The quantitative estimate of drug-likeness (QED) is 0.646. The molecule has 1 aromatic carbocycles. The predicted molar refractivity (Wildman–Crippen MR) is 94.3 cm³/mol. The molecule has 1 N–H and O–H groups in total. The van der Waals surface area contributed by atoms with Crippen molar-refractivity contribution in [3.8, 4) is 0 Å². The molecule has 1 amide bonds. The second-order valence-corrected chi connectivity index (χ2v) is 5.76. The maximum absolute atomic E-state index is 12.5. The molecule has 5 nitrogen and oxygen atoms in total. The number of benzene rings is 1. The number of nitrogens with zero attached hydrogens (tertiary/aromatic N) is 3. The van der Waals surface area contributed by atoms with Crippen LogP contribution in [0.1, 0.15) is 32.3 Å². The van der Waals surface area contributed by atoms with Crippen molar-refractivity contribution >= 4 is 11.9 Å². The molecule has 0 bridgehead atoms. The minimum absolute atomic E-state index is 0.0750. The van der Waals surface area contributed by atoms with Crippen molar-refractivity contribution in [1.82, 2.24) is 15.1 Å². The Kier molecular flexibility index (Phi) is 6.91. The molecule has 1 aliphatic heterocycles. The van der Waals surface area contributed by atoms with Crippen LogP contribution in [0.15, 0.2) is 35.3 Å². The number of amides is 1. The molecule has 0 aromatic heterocycles. The fraction of sp³-hybridized carbons (Fsp3) is 0.556. The van der Waals surface area contributed by atoms with Gasteiger partial charge in [0.2, 0.25) is 5.91 Å². The number of guanidine groups is 1. The average molecular weight is 316 g/mol. The van der Waals surface area contributed by atoms with E-state index in [1.165, 1.54) is 12.8 Å². The minimum Gasteiger partial charge on any atom is -0.357 e. The fourth-order valence-electron chi connectivity index (χ4n) is 2.78. The van der Waals surface area contributed by atoms with Crippen LogP contribution in [0.2, 0.25) is 0 Å². The van der Waals surface area contributed by atoms with Crippen LogP contribution in [0.4, 0.5) is 0 Å². The first-order valence-electron chi connectivity index (χ1n) is 8.59. The standard InChI is InChI=1S/C18H28N4O/c1-3-19-18(22-12-8-9-13-22)20-14-17(23)21(4-2)15-16-10-6-5-7-11-16/h5-7,10-11H,3-4,8-9,12-15H2,1-2H3,(H,19,20). The number of carbonyl (C=O) groups excluding carboxylic acids is 1. The van der Waals surface area contributed by atoms with Crippen LogP contribution in [0.5, 0.6) is 0 Å². The Morgan fingerprint density at radius 2 is 1.91 bits per heavy atom. The molecule has 5 heteroatoms. The lowest BCUT2D eigenvalue weighted by molar-refractivity contribution is -0.130. The van der Waals surface area contributed by atoms with Crippen LogP contribution in [-0.2, 0) is 11.3 Å². The molecule has 0 saturated carbocycles. The van der Waals surface area contributed by atoms with Gasteiger partial charge in [-0.1, -0.05) is 30.3 Å². The Balaban J connectivity index is 1.95. The normalized spacial score (nSPS) is 14.9. The highest BCUT2D eigenvalue weighted by molar-refractivity contribution is 5.85. The van der Waals surface area contributed by atoms with Gasteiger partial charge < -0.3 is 15.1 Å². The van der Waals surface area contributed by atoms with E-state index in [0.717, 1.165) is 31.2 Å². The third kappa shape index (κ3) is 5.27. The number of likely N-dealkylation sites (N-methyl/N-ethyl adjacent to an activating group) is 1. The smallest absolute Gasteiger partial charge is 0.244 e. The molecule has 126 valence electrons. The summed E-state index contributed by atoms with van der Waals surface area (Å²) in [6.45, 7) is 8.50. The molecule has 23 heavy (non-hydrogen) atoms. The first-order chi connectivity index (χ1) is 11.2. The van der Waals surface area contributed by atoms with Crippen LogP contribution < -0.4 is 5.32 Å². The molecular weight excluding hydrogens is 288 g/mol. The summed E-state index contributed by atoms with van der Waals surface area (Å²) in [7, 11) is 0. The van der Waals surface area contributed by atoms with Crippen LogP contribution in [-0.4, -0.2) is 54.4 Å². The van der Waals surface area contributed by atoms with Crippen LogP contribution in [0.3, 0.4) is 0 Å². The minimum atomic E-state index is 0.0750. The topological polar surface area (TPSA) is 47.9 Å². The van der Waals surface area contributed by atoms with E-state index in [-0.39, 0.29) is 12.5 Å².